The van der Waals surface area contributed by atoms with Gasteiger partial charge in [-0.15, -0.1) is 0 Å². The van der Waals surface area contributed by atoms with E-state index in [0.717, 1.165) is 35.4 Å². The molecule has 4 nitrogen and oxygen atoms in total. The molecule has 3 N–H and O–H groups in total. The molecular formula is C13H18N4. The summed E-state index contributed by atoms with van der Waals surface area (Å²) in [5, 5.41) is 5.57. The highest BCUT2D eigenvalue weighted by Gasteiger charge is 2.02. The number of hydrogen-bond acceptors (Lipinski definition) is 4. The van der Waals surface area contributed by atoms with Gasteiger partial charge in [0.2, 0.25) is 0 Å². The number of benzene rings is 1. The zero-order valence-corrected chi connectivity index (χ0v) is 10.3. The summed E-state index contributed by atoms with van der Waals surface area (Å²) in [5.74, 6) is 0.921. The Morgan fingerprint density at radius 2 is 2.12 bits per heavy atom. The predicted octanol–water partition coefficient (Wildman–Crippen LogP) is 1.79. The molecule has 0 aliphatic heterocycles. The van der Waals surface area contributed by atoms with Crippen LogP contribution in [0, 0.1) is 0 Å². The summed E-state index contributed by atoms with van der Waals surface area (Å²) >= 11 is 0. The zero-order chi connectivity index (χ0) is 12.3. The van der Waals surface area contributed by atoms with Gasteiger partial charge in [-0.3, -0.25) is 0 Å². The van der Waals surface area contributed by atoms with Gasteiger partial charge in [0.1, 0.15) is 5.82 Å². The molecule has 0 amide bonds. The number of anilines is 2. The summed E-state index contributed by atoms with van der Waals surface area (Å²) in [5.41, 5.74) is 6.55. The lowest BCUT2D eigenvalue weighted by atomic mass is 10.1. The minimum Gasteiger partial charge on any atom is -0.399 e. The number of likely N-dealkylation sites (N-methyl/N-ethyl adjacent to an activating group) is 1. The van der Waals surface area contributed by atoms with Gasteiger partial charge < -0.3 is 16.0 Å². The lowest BCUT2D eigenvalue weighted by Gasteiger charge is -2.12. The Balaban J connectivity index is 2.22. The maximum atomic E-state index is 5.77. The van der Waals surface area contributed by atoms with Gasteiger partial charge in [0.05, 0.1) is 0 Å². The van der Waals surface area contributed by atoms with E-state index in [1.54, 1.807) is 6.20 Å². The molecule has 2 rings (SSSR count). The van der Waals surface area contributed by atoms with Crippen LogP contribution < -0.4 is 11.1 Å². The molecule has 0 aliphatic carbocycles. The highest BCUT2D eigenvalue weighted by Crippen LogP contribution is 2.22. The molecule has 0 atom stereocenters. The number of rotatable bonds is 4. The van der Waals surface area contributed by atoms with Crippen LogP contribution in [0.3, 0.4) is 0 Å². The van der Waals surface area contributed by atoms with E-state index in [9.17, 15) is 0 Å². The average molecular weight is 230 g/mol. The van der Waals surface area contributed by atoms with Crippen molar-refractivity contribution in [2.75, 3.05) is 38.2 Å². The Kier molecular flexibility index (Phi) is 3.44. The van der Waals surface area contributed by atoms with Gasteiger partial charge in [-0.1, -0.05) is 0 Å². The number of nitrogens with one attached hydrogen (secondary N) is 1. The van der Waals surface area contributed by atoms with Crippen LogP contribution in [-0.2, 0) is 0 Å². The van der Waals surface area contributed by atoms with Crippen molar-refractivity contribution in [3.05, 3.63) is 30.5 Å². The maximum absolute atomic E-state index is 5.77. The minimum atomic E-state index is 0.781. The van der Waals surface area contributed by atoms with Crippen molar-refractivity contribution in [3.63, 3.8) is 0 Å². The van der Waals surface area contributed by atoms with E-state index in [2.05, 4.69) is 29.3 Å². The molecule has 4 heteroatoms. The molecule has 1 aromatic carbocycles. The third-order valence-corrected chi connectivity index (χ3v) is 2.64. The first-order valence-corrected chi connectivity index (χ1v) is 5.69. The van der Waals surface area contributed by atoms with Gasteiger partial charge in [-0.25, -0.2) is 4.98 Å². The Morgan fingerprint density at radius 3 is 2.88 bits per heavy atom. The molecule has 0 spiro atoms. The molecule has 0 fully saturated rings. The Bertz CT molecular complexity index is 508. The number of aromatic nitrogens is 1. The van der Waals surface area contributed by atoms with Crippen molar-refractivity contribution in [1.82, 2.24) is 9.88 Å². The zero-order valence-electron chi connectivity index (χ0n) is 10.3. The summed E-state index contributed by atoms with van der Waals surface area (Å²) in [7, 11) is 4.11. The van der Waals surface area contributed by atoms with Crippen LogP contribution in [0.25, 0.3) is 10.8 Å². The van der Waals surface area contributed by atoms with E-state index in [1.807, 2.05) is 24.3 Å². The standard InChI is InChI=1S/C13H18N4/c1-17(2)8-7-16-13-12-4-3-11(14)9-10(12)5-6-15-13/h3-6,9H,7-8,14H2,1-2H3,(H,15,16). The number of nitrogens with two attached hydrogens (primary N) is 1. The third kappa shape index (κ3) is 2.85. The van der Waals surface area contributed by atoms with Crippen molar-refractivity contribution in [2.24, 2.45) is 0 Å². The van der Waals surface area contributed by atoms with Crippen LogP contribution in [0.1, 0.15) is 0 Å². The molecule has 0 saturated heterocycles. The molecule has 0 unspecified atom stereocenters. The van der Waals surface area contributed by atoms with E-state index < -0.39 is 0 Å². The first-order chi connectivity index (χ1) is 8.16. The number of nitrogens with zero attached hydrogens (tertiary/aromatic N) is 2. The molecule has 1 aromatic heterocycles. The number of fused-ring (bicyclic) bond motifs is 1. The number of hydrogen-bond donors (Lipinski definition) is 2. The molecule has 1 heterocycles. The molecule has 0 aliphatic rings. The van der Waals surface area contributed by atoms with Crippen LogP contribution in [-0.4, -0.2) is 37.1 Å². The summed E-state index contributed by atoms with van der Waals surface area (Å²) in [6, 6.07) is 7.85. The van der Waals surface area contributed by atoms with Gasteiger partial charge in [0, 0.05) is 30.4 Å². The summed E-state index contributed by atoms with van der Waals surface area (Å²) in [6.07, 6.45) is 1.81. The molecule has 2 aromatic rings. The number of nitrogen functional groups attached to an aromatic ring is 1. The van der Waals surface area contributed by atoms with Gasteiger partial charge in [-0.05, 0) is 43.7 Å². The minimum absolute atomic E-state index is 0.781. The van der Waals surface area contributed by atoms with E-state index in [1.165, 1.54) is 0 Å². The second kappa shape index (κ2) is 5.01. The first-order valence-electron chi connectivity index (χ1n) is 5.69. The molecule has 90 valence electrons. The van der Waals surface area contributed by atoms with E-state index in [-0.39, 0.29) is 0 Å². The average Bonchev–Trinajstić information content (AvgIpc) is 2.28. The van der Waals surface area contributed by atoms with Crippen molar-refractivity contribution in [3.8, 4) is 0 Å². The molecule has 17 heavy (non-hydrogen) atoms. The monoisotopic (exact) mass is 230 g/mol. The highest BCUT2D eigenvalue weighted by molar-refractivity contribution is 5.93. The third-order valence-electron chi connectivity index (χ3n) is 2.64. The lowest BCUT2D eigenvalue weighted by molar-refractivity contribution is 0.425. The van der Waals surface area contributed by atoms with Crippen molar-refractivity contribution in [1.29, 1.82) is 0 Å². The second-order valence-electron chi connectivity index (χ2n) is 4.37. The van der Waals surface area contributed by atoms with Crippen molar-refractivity contribution in [2.45, 2.75) is 0 Å². The Morgan fingerprint density at radius 1 is 1.29 bits per heavy atom. The van der Waals surface area contributed by atoms with Gasteiger partial charge in [0.15, 0.2) is 0 Å². The predicted molar refractivity (Wildman–Crippen MR) is 73.2 cm³/mol. The topological polar surface area (TPSA) is 54.2 Å². The normalized spacial score (nSPS) is 11.0. The quantitative estimate of drug-likeness (QED) is 0.786. The fraction of sp³-hybridized carbons (Fsp3) is 0.308. The lowest BCUT2D eigenvalue weighted by Crippen LogP contribution is -2.21. The van der Waals surface area contributed by atoms with Gasteiger partial charge >= 0.3 is 0 Å². The second-order valence-corrected chi connectivity index (χ2v) is 4.37. The summed E-state index contributed by atoms with van der Waals surface area (Å²) in [4.78, 5) is 6.50. The van der Waals surface area contributed by atoms with Gasteiger partial charge in [-0.2, -0.15) is 0 Å². The number of pyridine rings is 1. The van der Waals surface area contributed by atoms with E-state index in [0.29, 0.717) is 0 Å². The fourth-order valence-corrected chi connectivity index (χ4v) is 1.74. The van der Waals surface area contributed by atoms with Crippen LogP contribution in [0.2, 0.25) is 0 Å². The molecule has 0 radical (unpaired) electrons. The van der Waals surface area contributed by atoms with E-state index >= 15 is 0 Å². The molecule has 0 bridgehead atoms. The SMILES string of the molecule is CN(C)CCNc1nccc2cc(N)ccc12. The molecule has 0 saturated carbocycles. The first kappa shape index (κ1) is 11.7. The Labute approximate surface area is 101 Å². The molecular weight excluding hydrogens is 212 g/mol. The highest BCUT2D eigenvalue weighted by atomic mass is 15.1. The van der Waals surface area contributed by atoms with Crippen LogP contribution in [0.5, 0.6) is 0 Å². The van der Waals surface area contributed by atoms with Crippen molar-refractivity contribution >= 4 is 22.3 Å². The smallest absolute Gasteiger partial charge is 0.133 e. The van der Waals surface area contributed by atoms with E-state index in [4.69, 9.17) is 5.73 Å². The largest absolute Gasteiger partial charge is 0.399 e. The summed E-state index contributed by atoms with van der Waals surface area (Å²) in [6.45, 7) is 1.86. The van der Waals surface area contributed by atoms with Gasteiger partial charge in [0.25, 0.3) is 0 Å². The van der Waals surface area contributed by atoms with Crippen LogP contribution in [0.4, 0.5) is 11.5 Å². The summed E-state index contributed by atoms with van der Waals surface area (Å²) < 4.78 is 0. The van der Waals surface area contributed by atoms with Crippen LogP contribution in [0.15, 0.2) is 30.5 Å². The Hall–Kier alpha value is -1.81. The van der Waals surface area contributed by atoms with Crippen molar-refractivity contribution < 1.29 is 0 Å². The van der Waals surface area contributed by atoms with Crippen LogP contribution >= 0.6 is 0 Å². The fourth-order valence-electron chi connectivity index (χ4n) is 1.74. The maximum Gasteiger partial charge on any atom is 0.133 e.